The highest BCUT2D eigenvalue weighted by atomic mass is 19.1. The fourth-order valence-corrected chi connectivity index (χ4v) is 1.68. The molecule has 5 heteroatoms. The van der Waals surface area contributed by atoms with Crippen LogP contribution in [0, 0.1) is 12.7 Å². The van der Waals surface area contributed by atoms with Crippen LogP contribution in [-0.4, -0.2) is 20.5 Å². The molecule has 0 unspecified atom stereocenters. The molecule has 2 rings (SSSR count). The van der Waals surface area contributed by atoms with Crippen molar-refractivity contribution in [2.75, 3.05) is 0 Å². The lowest BCUT2D eigenvalue weighted by Crippen LogP contribution is -2.01. The maximum Gasteiger partial charge on any atom is 0.303 e. The van der Waals surface area contributed by atoms with Gasteiger partial charge in [-0.05, 0) is 19.1 Å². The first-order valence-corrected chi connectivity index (χ1v) is 4.93. The van der Waals surface area contributed by atoms with E-state index in [1.54, 1.807) is 10.5 Å². The van der Waals surface area contributed by atoms with Crippen molar-refractivity contribution in [3.63, 3.8) is 0 Å². The molecule has 0 aliphatic heterocycles. The molecular weight excluding hydrogens is 211 g/mol. The molecule has 2 aromatic heterocycles. The topological polar surface area (TPSA) is 54.6 Å². The molecule has 1 N–H and O–H groups in total. The summed E-state index contributed by atoms with van der Waals surface area (Å²) in [6.07, 6.45) is 1.62. The summed E-state index contributed by atoms with van der Waals surface area (Å²) in [5.41, 5.74) is 1.59. The van der Waals surface area contributed by atoms with Gasteiger partial charge in [-0.1, -0.05) is 0 Å². The van der Waals surface area contributed by atoms with Gasteiger partial charge in [0.15, 0.2) is 0 Å². The Morgan fingerprint density at radius 2 is 2.31 bits per heavy atom. The Bertz CT molecular complexity index is 548. The van der Waals surface area contributed by atoms with E-state index in [2.05, 4.69) is 4.98 Å². The Hall–Kier alpha value is -1.91. The van der Waals surface area contributed by atoms with Crippen LogP contribution in [-0.2, 0) is 11.2 Å². The van der Waals surface area contributed by atoms with E-state index in [9.17, 15) is 9.18 Å². The number of halogens is 1. The minimum atomic E-state index is -0.884. The number of aromatic nitrogens is 2. The summed E-state index contributed by atoms with van der Waals surface area (Å²) >= 11 is 0. The zero-order chi connectivity index (χ0) is 11.7. The summed E-state index contributed by atoms with van der Waals surface area (Å²) in [7, 11) is 0. The number of aryl methyl sites for hydroxylation is 2. The lowest BCUT2D eigenvalue weighted by Gasteiger charge is -1.99. The smallest absolute Gasteiger partial charge is 0.303 e. The van der Waals surface area contributed by atoms with E-state index in [1.165, 1.54) is 12.3 Å². The summed E-state index contributed by atoms with van der Waals surface area (Å²) in [6.45, 7) is 1.82. The number of fused-ring (bicyclic) bond motifs is 1. The van der Waals surface area contributed by atoms with Crippen molar-refractivity contribution >= 4 is 11.5 Å². The summed E-state index contributed by atoms with van der Waals surface area (Å²) in [5, 5.41) is 8.60. The number of carboxylic acid groups (broad SMARTS) is 1. The van der Waals surface area contributed by atoms with Crippen LogP contribution in [0.1, 0.15) is 17.9 Å². The van der Waals surface area contributed by atoms with Gasteiger partial charge in [-0.3, -0.25) is 4.79 Å². The molecule has 0 saturated heterocycles. The number of pyridine rings is 1. The molecule has 2 aromatic rings. The largest absolute Gasteiger partial charge is 0.481 e. The molecule has 0 spiro atoms. The van der Waals surface area contributed by atoms with Crippen LogP contribution in [0.15, 0.2) is 18.3 Å². The predicted octanol–water partition coefficient (Wildman–Crippen LogP) is 1.80. The molecule has 16 heavy (non-hydrogen) atoms. The van der Waals surface area contributed by atoms with Gasteiger partial charge in [0, 0.05) is 12.6 Å². The van der Waals surface area contributed by atoms with Crippen LogP contribution in [0.25, 0.3) is 5.52 Å². The third-order valence-electron chi connectivity index (χ3n) is 2.42. The van der Waals surface area contributed by atoms with E-state index in [1.807, 2.05) is 6.92 Å². The van der Waals surface area contributed by atoms with Gasteiger partial charge in [0.1, 0.15) is 11.6 Å². The lowest BCUT2D eigenvalue weighted by atomic mass is 10.3. The second-order valence-corrected chi connectivity index (χ2v) is 3.61. The number of rotatable bonds is 3. The maximum absolute atomic E-state index is 13.1. The molecule has 2 heterocycles. The first-order chi connectivity index (χ1) is 7.58. The first-order valence-electron chi connectivity index (χ1n) is 4.93. The van der Waals surface area contributed by atoms with Gasteiger partial charge in [0.25, 0.3) is 0 Å². The second kappa shape index (κ2) is 3.92. The van der Waals surface area contributed by atoms with Crippen molar-refractivity contribution in [1.82, 2.24) is 9.38 Å². The third-order valence-corrected chi connectivity index (χ3v) is 2.42. The van der Waals surface area contributed by atoms with Crippen molar-refractivity contribution in [3.05, 3.63) is 35.7 Å². The molecule has 0 fully saturated rings. The Morgan fingerprint density at radius 3 is 3.00 bits per heavy atom. The third kappa shape index (κ3) is 1.88. The van der Waals surface area contributed by atoms with E-state index in [0.717, 1.165) is 11.2 Å². The van der Waals surface area contributed by atoms with Gasteiger partial charge in [-0.25, -0.2) is 9.37 Å². The number of hydrogen-bond donors (Lipinski definition) is 1. The summed E-state index contributed by atoms with van der Waals surface area (Å²) in [4.78, 5) is 14.7. The standard InChI is InChI=1S/C11H11FN2O2/c1-7-9-3-2-8(12)6-14(9)10(13-7)4-5-11(15)16/h2-3,6H,4-5H2,1H3,(H,15,16). The molecule has 0 aliphatic rings. The number of hydrogen-bond acceptors (Lipinski definition) is 2. The Balaban J connectivity index is 2.44. The Kier molecular flexibility index (Phi) is 2.60. The van der Waals surface area contributed by atoms with E-state index >= 15 is 0 Å². The number of aliphatic carboxylic acids is 1. The highest BCUT2D eigenvalue weighted by Gasteiger charge is 2.09. The number of carboxylic acids is 1. The fraction of sp³-hybridized carbons (Fsp3) is 0.273. The molecule has 0 amide bonds. The molecule has 0 bridgehead atoms. The monoisotopic (exact) mass is 222 g/mol. The normalized spacial score (nSPS) is 10.9. The molecule has 0 aromatic carbocycles. The van der Waals surface area contributed by atoms with Crippen LogP contribution < -0.4 is 0 Å². The zero-order valence-electron chi connectivity index (χ0n) is 8.77. The first kappa shape index (κ1) is 10.6. The van der Waals surface area contributed by atoms with E-state index in [-0.39, 0.29) is 12.2 Å². The minimum Gasteiger partial charge on any atom is -0.481 e. The number of carbonyl (C=O) groups is 1. The number of nitrogens with zero attached hydrogens (tertiary/aromatic N) is 2. The predicted molar refractivity (Wildman–Crippen MR) is 55.8 cm³/mol. The average molecular weight is 222 g/mol. The summed E-state index contributed by atoms with van der Waals surface area (Å²) in [5.74, 6) is -0.665. The Morgan fingerprint density at radius 1 is 1.56 bits per heavy atom. The maximum atomic E-state index is 13.1. The van der Waals surface area contributed by atoms with E-state index in [0.29, 0.717) is 12.2 Å². The van der Waals surface area contributed by atoms with Crippen molar-refractivity contribution < 1.29 is 14.3 Å². The molecule has 0 aliphatic carbocycles. The molecule has 0 radical (unpaired) electrons. The highest BCUT2D eigenvalue weighted by Crippen LogP contribution is 2.14. The highest BCUT2D eigenvalue weighted by molar-refractivity contribution is 5.67. The molecule has 0 saturated carbocycles. The average Bonchev–Trinajstić information content (AvgIpc) is 2.52. The molecule has 0 atom stereocenters. The van der Waals surface area contributed by atoms with Crippen LogP contribution in [0.2, 0.25) is 0 Å². The van der Waals surface area contributed by atoms with E-state index in [4.69, 9.17) is 5.11 Å². The summed E-state index contributed by atoms with van der Waals surface area (Å²) in [6, 6.07) is 3.01. The van der Waals surface area contributed by atoms with Gasteiger partial charge in [0.05, 0.1) is 17.6 Å². The van der Waals surface area contributed by atoms with Gasteiger partial charge < -0.3 is 9.51 Å². The fourth-order valence-electron chi connectivity index (χ4n) is 1.68. The van der Waals surface area contributed by atoms with Gasteiger partial charge in [0.2, 0.25) is 0 Å². The minimum absolute atomic E-state index is 0.00489. The van der Waals surface area contributed by atoms with Crippen LogP contribution in [0.5, 0.6) is 0 Å². The van der Waals surface area contributed by atoms with Gasteiger partial charge in [-0.2, -0.15) is 0 Å². The SMILES string of the molecule is Cc1nc(CCC(=O)O)n2cc(F)ccc12. The quantitative estimate of drug-likeness (QED) is 0.861. The molecule has 84 valence electrons. The van der Waals surface area contributed by atoms with Crippen molar-refractivity contribution in [1.29, 1.82) is 0 Å². The molecule has 4 nitrogen and oxygen atoms in total. The van der Waals surface area contributed by atoms with Gasteiger partial charge >= 0.3 is 5.97 Å². The Labute approximate surface area is 91.4 Å². The van der Waals surface area contributed by atoms with E-state index < -0.39 is 5.97 Å². The van der Waals surface area contributed by atoms with Crippen LogP contribution >= 0.6 is 0 Å². The van der Waals surface area contributed by atoms with Crippen molar-refractivity contribution in [2.24, 2.45) is 0 Å². The molecular formula is C11H11FN2O2. The summed E-state index contributed by atoms with van der Waals surface area (Å²) < 4.78 is 14.7. The van der Waals surface area contributed by atoms with Crippen LogP contribution in [0.3, 0.4) is 0 Å². The lowest BCUT2D eigenvalue weighted by molar-refractivity contribution is -0.137. The van der Waals surface area contributed by atoms with Gasteiger partial charge in [-0.15, -0.1) is 0 Å². The van der Waals surface area contributed by atoms with Crippen LogP contribution in [0.4, 0.5) is 4.39 Å². The second-order valence-electron chi connectivity index (χ2n) is 3.61. The van der Waals surface area contributed by atoms with Crippen molar-refractivity contribution in [3.8, 4) is 0 Å². The number of imidazole rings is 1. The zero-order valence-corrected chi connectivity index (χ0v) is 8.77. The van der Waals surface area contributed by atoms with Crippen molar-refractivity contribution in [2.45, 2.75) is 19.8 Å².